The van der Waals surface area contributed by atoms with E-state index >= 15 is 0 Å². The molecule has 0 aliphatic carbocycles. The Balaban J connectivity index is 0.000000232. The van der Waals surface area contributed by atoms with E-state index in [1.807, 2.05) is 53.7 Å². The third-order valence-electron chi connectivity index (χ3n) is 2.86. The van der Waals surface area contributed by atoms with Crippen LogP contribution in [-0.2, 0) is 8.85 Å². The first-order valence-electron chi connectivity index (χ1n) is 8.06. The predicted octanol–water partition coefficient (Wildman–Crippen LogP) is 4.97. The topological polar surface area (TPSA) is 18.5 Å². The van der Waals surface area contributed by atoms with Crippen molar-refractivity contribution in [3.05, 3.63) is 60.7 Å². The number of rotatable bonds is 3. The molecule has 0 saturated heterocycles. The van der Waals surface area contributed by atoms with Gasteiger partial charge < -0.3 is 8.85 Å². The molecule has 2 rings (SSSR count). The number of hydrogen-bond donors (Lipinski definition) is 0. The Bertz CT molecular complexity index is 488. The van der Waals surface area contributed by atoms with E-state index in [1.54, 1.807) is 0 Å². The molecule has 0 fully saturated rings. The standard InChI is InChI=1S/C12H10.C8H20O2Si/c1-3-7-11(8-4-1)12-9-5-2-6-10-12;1-7(2,3)9-11-10-8(4,5)6/h1-10H;11H2,1-6H3. The molecule has 0 N–H and O–H groups in total. The van der Waals surface area contributed by atoms with Crippen molar-refractivity contribution in [2.24, 2.45) is 0 Å². The highest BCUT2D eigenvalue weighted by Crippen LogP contribution is 2.17. The van der Waals surface area contributed by atoms with Gasteiger partial charge in [-0.1, -0.05) is 60.7 Å². The average molecular weight is 331 g/mol. The molecule has 0 aliphatic rings. The van der Waals surface area contributed by atoms with Crippen LogP contribution in [0.1, 0.15) is 41.5 Å². The van der Waals surface area contributed by atoms with Crippen molar-refractivity contribution in [1.29, 1.82) is 0 Å². The summed E-state index contributed by atoms with van der Waals surface area (Å²) < 4.78 is 11.0. The second-order valence-electron chi connectivity index (χ2n) is 7.36. The van der Waals surface area contributed by atoms with E-state index in [2.05, 4.69) is 48.5 Å². The van der Waals surface area contributed by atoms with Crippen molar-refractivity contribution >= 4 is 10.0 Å². The molecule has 2 nitrogen and oxygen atoms in total. The predicted molar refractivity (Wildman–Crippen MR) is 102 cm³/mol. The van der Waals surface area contributed by atoms with Crippen molar-refractivity contribution in [3.8, 4) is 11.1 Å². The molecule has 0 atom stereocenters. The van der Waals surface area contributed by atoms with Crippen molar-refractivity contribution in [3.63, 3.8) is 0 Å². The minimum Gasteiger partial charge on any atom is -0.394 e. The maximum atomic E-state index is 5.52. The van der Waals surface area contributed by atoms with Gasteiger partial charge in [-0.15, -0.1) is 0 Å². The Morgan fingerprint density at radius 1 is 0.565 bits per heavy atom. The normalized spacial score (nSPS) is 11.6. The molecule has 0 bridgehead atoms. The summed E-state index contributed by atoms with van der Waals surface area (Å²) >= 11 is 0. The zero-order valence-electron chi connectivity index (χ0n) is 15.3. The highest BCUT2D eigenvalue weighted by Gasteiger charge is 2.14. The molecule has 0 radical (unpaired) electrons. The Kier molecular flexibility index (Phi) is 7.69. The third kappa shape index (κ3) is 10.1. The molecule has 0 aliphatic heterocycles. The van der Waals surface area contributed by atoms with Gasteiger partial charge in [0.1, 0.15) is 0 Å². The summed E-state index contributed by atoms with van der Waals surface area (Å²) in [5.74, 6) is 0. The van der Waals surface area contributed by atoms with Crippen molar-refractivity contribution in [1.82, 2.24) is 0 Å². The quantitative estimate of drug-likeness (QED) is 0.740. The fourth-order valence-electron chi connectivity index (χ4n) is 1.64. The monoisotopic (exact) mass is 330 g/mol. The van der Waals surface area contributed by atoms with Gasteiger partial charge in [0.2, 0.25) is 0 Å². The van der Waals surface area contributed by atoms with Crippen LogP contribution in [0.4, 0.5) is 0 Å². The molecule has 23 heavy (non-hydrogen) atoms. The van der Waals surface area contributed by atoms with E-state index in [0.29, 0.717) is 0 Å². The van der Waals surface area contributed by atoms with Gasteiger partial charge in [0.25, 0.3) is 0 Å². The van der Waals surface area contributed by atoms with Gasteiger partial charge in [0.15, 0.2) is 0 Å². The Morgan fingerprint density at radius 3 is 1.13 bits per heavy atom. The molecule has 0 saturated carbocycles. The first-order valence-corrected chi connectivity index (χ1v) is 9.21. The summed E-state index contributed by atoms with van der Waals surface area (Å²) in [6.45, 7) is 12.3. The zero-order valence-corrected chi connectivity index (χ0v) is 16.7. The first kappa shape index (κ1) is 19.6. The van der Waals surface area contributed by atoms with Crippen LogP contribution in [0.5, 0.6) is 0 Å². The zero-order chi connectivity index (χ0) is 17.3. The lowest BCUT2D eigenvalue weighted by Crippen LogP contribution is -2.29. The largest absolute Gasteiger partial charge is 0.394 e. The maximum absolute atomic E-state index is 5.52. The molecular weight excluding hydrogens is 300 g/mol. The van der Waals surface area contributed by atoms with Crippen LogP contribution < -0.4 is 0 Å². The van der Waals surface area contributed by atoms with Crippen molar-refractivity contribution in [2.45, 2.75) is 52.7 Å². The summed E-state index contributed by atoms with van der Waals surface area (Å²) in [4.78, 5) is 0. The molecule has 2 aromatic carbocycles. The second-order valence-corrected chi connectivity index (χ2v) is 8.18. The summed E-state index contributed by atoms with van der Waals surface area (Å²) in [6, 6.07) is 20.8. The van der Waals surface area contributed by atoms with Crippen LogP contribution in [0.15, 0.2) is 60.7 Å². The van der Waals surface area contributed by atoms with Gasteiger partial charge in [0.05, 0.1) is 0 Å². The lowest BCUT2D eigenvalue weighted by molar-refractivity contribution is 0.0511. The molecule has 3 heteroatoms. The fourth-order valence-corrected chi connectivity index (χ4v) is 2.41. The third-order valence-corrected chi connectivity index (χ3v) is 4.83. The van der Waals surface area contributed by atoms with E-state index in [-0.39, 0.29) is 11.2 Å². The summed E-state index contributed by atoms with van der Waals surface area (Å²) in [5.41, 5.74) is 2.46. The van der Waals surface area contributed by atoms with Crippen LogP contribution in [0, 0.1) is 0 Å². The summed E-state index contributed by atoms with van der Waals surface area (Å²) in [6.07, 6.45) is 0. The van der Waals surface area contributed by atoms with Gasteiger partial charge in [0, 0.05) is 11.2 Å². The van der Waals surface area contributed by atoms with Gasteiger partial charge in [-0.3, -0.25) is 0 Å². The van der Waals surface area contributed by atoms with Crippen LogP contribution in [-0.4, -0.2) is 21.2 Å². The van der Waals surface area contributed by atoms with Crippen molar-refractivity contribution < 1.29 is 8.85 Å². The molecule has 126 valence electrons. The van der Waals surface area contributed by atoms with Gasteiger partial charge in [-0.05, 0) is 52.7 Å². The molecule has 0 aromatic heterocycles. The van der Waals surface area contributed by atoms with E-state index in [0.717, 1.165) is 0 Å². The SMILES string of the molecule is CC(C)(C)O[SiH2]OC(C)(C)C.c1ccc(-c2ccccc2)cc1. The Morgan fingerprint density at radius 2 is 0.870 bits per heavy atom. The molecule has 0 unspecified atom stereocenters. The minimum atomic E-state index is -0.797. The summed E-state index contributed by atoms with van der Waals surface area (Å²) in [7, 11) is -0.797. The van der Waals surface area contributed by atoms with Crippen LogP contribution in [0.3, 0.4) is 0 Å². The van der Waals surface area contributed by atoms with Gasteiger partial charge in [-0.2, -0.15) is 0 Å². The van der Waals surface area contributed by atoms with Crippen molar-refractivity contribution in [2.75, 3.05) is 0 Å². The summed E-state index contributed by atoms with van der Waals surface area (Å²) in [5, 5.41) is 0. The molecule has 0 heterocycles. The Hall–Kier alpha value is -1.42. The highest BCUT2D eigenvalue weighted by atomic mass is 28.3. The average Bonchev–Trinajstić information content (AvgIpc) is 2.47. The number of benzene rings is 2. The van der Waals surface area contributed by atoms with E-state index in [9.17, 15) is 0 Å². The highest BCUT2D eigenvalue weighted by molar-refractivity contribution is 6.18. The minimum absolute atomic E-state index is 0.0442. The van der Waals surface area contributed by atoms with Gasteiger partial charge >= 0.3 is 10.0 Å². The first-order chi connectivity index (χ1) is 10.7. The molecule has 0 spiro atoms. The fraction of sp³-hybridized carbons (Fsp3) is 0.400. The smallest absolute Gasteiger partial charge is 0.305 e. The van der Waals surface area contributed by atoms with Crippen LogP contribution in [0.2, 0.25) is 0 Å². The van der Waals surface area contributed by atoms with E-state index in [4.69, 9.17) is 8.85 Å². The maximum Gasteiger partial charge on any atom is 0.305 e. The molecular formula is C20H30O2Si. The number of hydrogen-bond acceptors (Lipinski definition) is 2. The van der Waals surface area contributed by atoms with Crippen LogP contribution in [0.25, 0.3) is 11.1 Å². The second kappa shape index (κ2) is 9.01. The van der Waals surface area contributed by atoms with Gasteiger partial charge in [-0.25, -0.2) is 0 Å². The Labute approximate surface area is 143 Å². The molecule has 2 aromatic rings. The lowest BCUT2D eigenvalue weighted by atomic mass is 10.1. The van der Waals surface area contributed by atoms with E-state index < -0.39 is 10.0 Å². The van der Waals surface area contributed by atoms with E-state index in [1.165, 1.54) is 11.1 Å². The molecule has 0 amide bonds. The lowest BCUT2D eigenvalue weighted by Gasteiger charge is -2.24. The van der Waals surface area contributed by atoms with Crippen LogP contribution >= 0.6 is 0 Å².